The van der Waals surface area contributed by atoms with E-state index in [9.17, 15) is 4.79 Å². The van der Waals surface area contributed by atoms with E-state index in [1.807, 2.05) is 23.9 Å². The Kier molecular flexibility index (Phi) is 5.04. The number of nitrogens with zero attached hydrogens (tertiary/aromatic N) is 1. The number of benzene rings is 1. The van der Waals surface area contributed by atoms with E-state index in [4.69, 9.17) is 0 Å². The van der Waals surface area contributed by atoms with E-state index in [-0.39, 0.29) is 11.8 Å². The quantitative estimate of drug-likeness (QED) is 0.889. The van der Waals surface area contributed by atoms with Crippen molar-refractivity contribution in [3.05, 3.63) is 29.8 Å². The highest BCUT2D eigenvalue weighted by Gasteiger charge is 2.25. The lowest BCUT2D eigenvalue weighted by Crippen LogP contribution is -2.41. The van der Waals surface area contributed by atoms with E-state index in [1.165, 1.54) is 11.5 Å². The molecule has 2 aliphatic heterocycles. The average molecular weight is 305 g/mol. The van der Waals surface area contributed by atoms with Crippen LogP contribution in [-0.4, -0.2) is 55.0 Å². The first-order valence-corrected chi connectivity index (χ1v) is 8.90. The van der Waals surface area contributed by atoms with Gasteiger partial charge >= 0.3 is 0 Å². The molecule has 0 bridgehead atoms. The molecule has 0 radical (unpaired) electrons. The molecule has 1 aromatic rings. The SMILES string of the molecule is O=C(NCCN1CCSCC1)C1CCNc2ccccc21. The standard InChI is InChI=1S/C16H23N3OS/c20-16(18-7-8-19-9-11-21-12-10-19)14-5-6-17-15-4-2-1-3-13(14)15/h1-4,14,17H,5-12H2,(H,18,20). The lowest BCUT2D eigenvalue weighted by Gasteiger charge is -2.28. The Balaban J connectivity index is 1.51. The third kappa shape index (κ3) is 3.71. The molecule has 21 heavy (non-hydrogen) atoms. The van der Waals surface area contributed by atoms with Crippen molar-refractivity contribution < 1.29 is 4.79 Å². The summed E-state index contributed by atoms with van der Waals surface area (Å²) in [5.41, 5.74) is 2.24. The van der Waals surface area contributed by atoms with Gasteiger partial charge in [0.05, 0.1) is 5.92 Å². The zero-order valence-electron chi connectivity index (χ0n) is 12.3. The Labute approximate surface area is 130 Å². The van der Waals surface area contributed by atoms with E-state index in [2.05, 4.69) is 27.7 Å². The van der Waals surface area contributed by atoms with Crippen LogP contribution < -0.4 is 10.6 Å². The van der Waals surface area contributed by atoms with Gasteiger partial charge in [0, 0.05) is 49.9 Å². The maximum absolute atomic E-state index is 12.4. The zero-order chi connectivity index (χ0) is 14.5. The van der Waals surface area contributed by atoms with Crippen molar-refractivity contribution in [3.8, 4) is 0 Å². The largest absolute Gasteiger partial charge is 0.385 e. The Morgan fingerprint density at radius 2 is 2.14 bits per heavy atom. The highest BCUT2D eigenvalue weighted by atomic mass is 32.2. The lowest BCUT2D eigenvalue weighted by atomic mass is 9.90. The second-order valence-corrected chi connectivity index (χ2v) is 6.83. The fourth-order valence-corrected chi connectivity index (χ4v) is 4.00. The van der Waals surface area contributed by atoms with Crippen molar-refractivity contribution in [2.24, 2.45) is 0 Å². The van der Waals surface area contributed by atoms with Gasteiger partial charge in [-0.3, -0.25) is 9.69 Å². The highest BCUT2D eigenvalue weighted by Crippen LogP contribution is 2.31. The molecule has 4 nitrogen and oxygen atoms in total. The van der Waals surface area contributed by atoms with E-state index in [0.29, 0.717) is 0 Å². The minimum atomic E-state index is -0.000591. The molecule has 0 saturated carbocycles. The fourth-order valence-electron chi connectivity index (χ4n) is 3.03. The summed E-state index contributed by atoms with van der Waals surface area (Å²) in [5, 5.41) is 6.49. The number of anilines is 1. The Hall–Kier alpha value is -1.20. The van der Waals surface area contributed by atoms with Crippen molar-refractivity contribution in [2.75, 3.05) is 49.5 Å². The average Bonchev–Trinajstić information content (AvgIpc) is 2.55. The van der Waals surface area contributed by atoms with Gasteiger partial charge in [-0.2, -0.15) is 11.8 Å². The number of hydrogen-bond acceptors (Lipinski definition) is 4. The molecule has 1 aromatic carbocycles. The minimum Gasteiger partial charge on any atom is -0.385 e. The maximum atomic E-state index is 12.4. The Bertz CT molecular complexity index is 488. The number of carbonyl (C=O) groups is 1. The van der Waals surface area contributed by atoms with Crippen LogP contribution >= 0.6 is 11.8 Å². The first-order chi connectivity index (χ1) is 10.3. The summed E-state index contributed by atoms with van der Waals surface area (Å²) in [6.07, 6.45) is 0.878. The second kappa shape index (κ2) is 7.18. The molecule has 0 aromatic heterocycles. The second-order valence-electron chi connectivity index (χ2n) is 5.60. The van der Waals surface area contributed by atoms with Crippen LogP contribution in [0, 0.1) is 0 Å². The van der Waals surface area contributed by atoms with Crippen LogP contribution in [0.4, 0.5) is 5.69 Å². The molecule has 2 heterocycles. The molecule has 1 saturated heterocycles. The van der Waals surface area contributed by atoms with Crippen LogP contribution in [0.5, 0.6) is 0 Å². The number of rotatable bonds is 4. The first kappa shape index (κ1) is 14.7. The predicted octanol–water partition coefficient (Wildman–Crippen LogP) is 1.75. The summed E-state index contributed by atoms with van der Waals surface area (Å²) < 4.78 is 0. The van der Waals surface area contributed by atoms with Crippen molar-refractivity contribution in [1.29, 1.82) is 0 Å². The molecule has 0 aliphatic carbocycles. The van der Waals surface area contributed by atoms with E-state index >= 15 is 0 Å². The van der Waals surface area contributed by atoms with Gasteiger partial charge in [0.1, 0.15) is 0 Å². The van der Waals surface area contributed by atoms with E-state index in [0.717, 1.165) is 50.4 Å². The topological polar surface area (TPSA) is 44.4 Å². The van der Waals surface area contributed by atoms with Gasteiger partial charge in [-0.25, -0.2) is 0 Å². The number of amides is 1. The third-order valence-electron chi connectivity index (χ3n) is 4.23. The molecule has 1 unspecified atom stereocenters. The smallest absolute Gasteiger partial charge is 0.227 e. The summed E-state index contributed by atoms with van der Waals surface area (Å²) in [5.74, 6) is 2.61. The molecular formula is C16H23N3OS. The van der Waals surface area contributed by atoms with Gasteiger partial charge in [0.25, 0.3) is 0 Å². The number of fused-ring (bicyclic) bond motifs is 1. The number of para-hydroxylation sites is 1. The summed E-state index contributed by atoms with van der Waals surface area (Å²) in [6, 6.07) is 8.14. The number of thioether (sulfide) groups is 1. The van der Waals surface area contributed by atoms with Crippen molar-refractivity contribution >= 4 is 23.4 Å². The normalized spacial score (nSPS) is 22.2. The van der Waals surface area contributed by atoms with E-state index in [1.54, 1.807) is 0 Å². The van der Waals surface area contributed by atoms with Gasteiger partial charge < -0.3 is 10.6 Å². The van der Waals surface area contributed by atoms with Crippen LogP contribution in [0.3, 0.4) is 0 Å². The van der Waals surface area contributed by atoms with E-state index < -0.39 is 0 Å². The van der Waals surface area contributed by atoms with Gasteiger partial charge in [-0.05, 0) is 18.1 Å². The number of nitrogens with one attached hydrogen (secondary N) is 2. The minimum absolute atomic E-state index is 0.000591. The van der Waals surface area contributed by atoms with Crippen LogP contribution in [0.2, 0.25) is 0 Å². The predicted molar refractivity (Wildman–Crippen MR) is 89.1 cm³/mol. The lowest BCUT2D eigenvalue weighted by molar-refractivity contribution is -0.122. The van der Waals surface area contributed by atoms with Gasteiger partial charge in [0.2, 0.25) is 5.91 Å². The molecule has 2 N–H and O–H groups in total. The van der Waals surface area contributed by atoms with Gasteiger partial charge in [-0.15, -0.1) is 0 Å². The zero-order valence-corrected chi connectivity index (χ0v) is 13.1. The molecule has 114 valence electrons. The van der Waals surface area contributed by atoms with Crippen LogP contribution in [0.1, 0.15) is 17.9 Å². The molecular weight excluding hydrogens is 282 g/mol. The molecule has 2 aliphatic rings. The number of hydrogen-bond donors (Lipinski definition) is 2. The summed E-state index contributed by atoms with van der Waals surface area (Å²) in [4.78, 5) is 14.9. The molecule has 5 heteroatoms. The van der Waals surface area contributed by atoms with Crippen molar-refractivity contribution in [1.82, 2.24) is 10.2 Å². The third-order valence-corrected chi connectivity index (χ3v) is 5.17. The van der Waals surface area contributed by atoms with Gasteiger partial charge in [-0.1, -0.05) is 18.2 Å². The first-order valence-electron chi connectivity index (χ1n) is 7.75. The summed E-state index contributed by atoms with van der Waals surface area (Å²) >= 11 is 2.02. The van der Waals surface area contributed by atoms with Crippen molar-refractivity contribution in [2.45, 2.75) is 12.3 Å². The molecule has 0 spiro atoms. The fraction of sp³-hybridized carbons (Fsp3) is 0.562. The summed E-state index contributed by atoms with van der Waals surface area (Å²) in [6.45, 7) is 4.90. The Morgan fingerprint density at radius 3 is 3.00 bits per heavy atom. The number of carbonyl (C=O) groups excluding carboxylic acids is 1. The summed E-state index contributed by atoms with van der Waals surface area (Å²) in [7, 11) is 0. The molecule has 3 rings (SSSR count). The molecule has 1 fully saturated rings. The highest BCUT2D eigenvalue weighted by molar-refractivity contribution is 7.99. The maximum Gasteiger partial charge on any atom is 0.227 e. The monoisotopic (exact) mass is 305 g/mol. The van der Waals surface area contributed by atoms with Gasteiger partial charge in [0.15, 0.2) is 0 Å². The van der Waals surface area contributed by atoms with Crippen LogP contribution in [0.15, 0.2) is 24.3 Å². The van der Waals surface area contributed by atoms with Crippen LogP contribution in [0.25, 0.3) is 0 Å². The molecule has 1 atom stereocenters. The van der Waals surface area contributed by atoms with Crippen molar-refractivity contribution in [3.63, 3.8) is 0 Å². The molecule has 1 amide bonds. The van der Waals surface area contributed by atoms with Crippen LogP contribution in [-0.2, 0) is 4.79 Å². The Morgan fingerprint density at radius 1 is 1.33 bits per heavy atom.